The van der Waals surface area contributed by atoms with Gasteiger partial charge in [0.25, 0.3) is 0 Å². The van der Waals surface area contributed by atoms with E-state index < -0.39 is 0 Å². The highest BCUT2D eigenvalue weighted by molar-refractivity contribution is 7.98. The molecule has 0 atom stereocenters. The van der Waals surface area contributed by atoms with Crippen molar-refractivity contribution in [1.29, 1.82) is 0 Å². The maximum absolute atomic E-state index is 12.9. The molecule has 0 unspecified atom stereocenters. The van der Waals surface area contributed by atoms with Crippen molar-refractivity contribution in [3.05, 3.63) is 28.5 Å². The maximum atomic E-state index is 12.9. The Hall–Kier alpha value is -0.210. The third-order valence-corrected chi connectivity index (χ3v) is 2.59. The van der Waals surface area contributed by atoms with Crippen LogP contribution in [0.2, 0.25) is 5.02 Å². The molecule has 0 aliphatic carbocycles. The molecule has 0 aromatic heterocycles. The second kappa shape index (κ2) is 3.46. The minimum atomic E-state index is -0.242. The quantitative estimate of drug-likeness (QED) is 0.611. The molecular formula is C8H8ClFS. The summed E-state index contributed by atoms with van der Waals surface area (Å²) < 4.78 is 12.9. The highest BCUT2D eigenvalue weighted by Gasteiger charge is 2.03. The Bertz CT molecular complexity index is 273. The number of aryl methyl sites for hydroxylation is 1. The number of benzene rings is 1. The Kier molecular flexibility index (Phi) is 2.79. The molecule has 0 heterocycles. The molecule has 11 heavy (non-hydrogen) atoms. The third-order valence-electron chi connectivity index (χ3n) is 1.43. The van der Waals surface area contributed by atoms with Crippen molar-refractivity contribution in [1.82, 2.24) is 0 Å². The molecule has 0 aliphatic heterocycles. The second-order valence-corrected chi connectivity index (χ2v) is 3.49. The van der Waals surface area contributed by atoms with Gasteiger partial charge >= 0.3 is 0 Å². The van der Waals surface area contributed by atoms with Crippen LogP contribution in [0, 0.1) is 12.7 Å². The Morgan fingerprint density at radius 3 is 2.64 bits per heavy atom. The van der Waals surface area contributed by atoms with Crippen molar-refractivity contribution in [3.63, 3.8) is 0 Å². The lowest BCUT2D eigenvalue weighted by molar-refractivity contribution is 0.601. The van der Waals surface area contributed by atoms with E-state index in [0.29, 0.717) is 9.92 Å². The third kappa shape index (κ3) is 1.88. The van der Waals surface area contributed by atoms with Gasteiger partial charge in [0.1, 0.15) is 5.82 Å². The molecule has 0 saturated heterocycles. The number of halogens is 2. The predicted molar refractivity (Wildman–Crippen MR) is 47.9 cm³/mol. The number of hydrogen-bond acceptors (Lipinski definition) is 1. The van der Waals surface area contributed by atoms with Gasteiger partial charge in [-0.05, 0) is 30.9 Å². The van der Waals surface area contributed by atoms with Crippen molar-refractivity contribution in [2.75, 3.05) is 6.26 Å². The summed E-state index contributed by atoms with van der Waals surface area (Å²) in [6.07, 6.45) is 1.84. The topological polar surface area (TPSA) is 0 Å². The monoisotopic (exact) mass is 190 g/mol. The smallest absolute Gasteiger partial charge is 0.138 e. The van der Waals surface area contributed by atoms with E-state index in [9.17, 15) is 4.39 Å². The molecule has 0 bridgehead atoms. The minimum Gasteiger partial charge on any atom is -0.206 e. The molecule has 3 heteroatoms. The van der Waals surface area contributed by atoms with Crippen LogP contribution in [0.5, 0.6) is 0 Å². The lowest BCUT2D eigenvalue weighted by Crippen LogP contribution is -1.83. The van der Waals surface area contributed by atoms with Gasteiger partial charge in [-0.1, -0.05) is 11.6 Å². The Morgan fingerprint density at radius 2 is 2.09 bits per heavy atom. The van der Waals surface area contributed by atoms with Gasteiger partial charge in [-0.2, -0.15) is 0 Å². The zero-order valence-electron chi connectivity index (χ0n) is 6.32. The van der Waals surface area contributed by atoms with Crippen LogP contribution in [0.1, 0.15) is 5.56 Å². The summed E-state index contributed by atoms with van der Waals surface area (Å²) in [6.45, 7) is 1.86. The Morgan fingerprint density at radius 1 is 1.45 bits per heavy atom. The second-order valence-electron chi connectivity index (χ2n) is 2.24. The molecule has 0 spiro atoms. The van der Waals surface area contributed by atoms with E-state index in [1.807, 2.05) is 13.2 Å². The summed E-state index contributed by atoms with van der Waals surface area (Å²) in [7, 11) is 0. The fraction of sp³-hybridized carbons (Fsp3) is 0.250. The van der Waals surface area contributed by atoms with Gasteiger partial charge in [-0.3, -0.25) is 0 Å². The largest absolute Gasteiger partial charge is 0.206 e. The van der Waals surface area contributed by atoms with Crippen LogP contribution in [-0.4, -0.2) is 6.26 Å². The van der Waals surface area contributed by atoms with E-state index in [1.54, 1.807) is 6.07 Å². The standard InChI is InChI=1S/C8H8ClFS/c1-5-3-8(11-2)7(10)4-6(5)9/h3-4H,1-2H3. The van der Waals surface area contributed by atoms with Crippen LogP contribution in [0.3, 0.4) is 0 Å². The lowest BCUT2D eigenvalue weighted by atomic mass is 10.2. The summed E-state index contributed by atoms with van der Waals surface area (Å²) in [4.78, 5) is 0.645. The molecule has 0 N–H and O–H groups in total. The van der Waals surface area contributed by atoms with Gasteiger partial charge in [0.05, 0.1) is 0 Å². The molecule has 0 nitrogen and oxygen atoms in total. The van der Waals surface area contributed by atoms with Crippen LogP contribution < -0.4 is 0 Å². The van der Waals surface area contributed by atoms with Gasteiger partial charge in [0.15, 0.2) is 0 Å². The van der Waals surface area contributed by atoms with Gasteiger partial charge in [-0.25, -0.2) is 4.39 Å². The Balaban J connectivity index is 3.21. The number of rotatable bonds is 1. The fourth-order valence-corrected chi connectivity index (χ4v) is 1.49. The van der Waals surface area contributed by atoms with Crippen molar-refractivity contribution in [2.24, 2.45) is 0 Å². The van der Waals surface area contributed by atoms with E-state index in [1.165, 1.54) is 17.8 Å². The summed E-state index contributed by atoms with van der Waals surface area (Å²) in [5.41, 5.74) is 0.914. The molecule has 0 aliphatic rings. The first-order valence-corrected chi connectivity index (χ1v) is 4.75. The van der Waals surface area contributed by atoms with Crippen molar-refractivity contribution in [3.8, 4) is 0 Å². The molecule has 0 fully saturated rings. The highest BCUT2D eigenvalue weighted by Crippen LogP contribution is 2.25. The summed E-state index contributed by atoms with van der Waals surface area (Å²) in [6, 6.07) is 3.10. The van der Waals surface area contributed by atoms with E-state index in [4.69, 9.17) is 11.6 Å². The normalized spacial score (nSPS) is 10.2. The zero-order chi connectivity index (χ0) is 8.43. The molecule has 1 aromatic carbocycles. The van der Waals surface area contributed by atoms with Crippen LogP contribution >= 0.6 is 23.4 Å². The highest BCUT2D eigenvalue weighted by atomic mass is 35.5. The molecule has 0 radical (unpaired) electrons. The number of hydrogen-bond donors (Lipinski definition) is 0. The average molecular weight is 191 g/mol. The zero-order valence-corrected chi connectivity index (χ0v) is 7.89. The Labute approximate surface area is 74.8 Å². The van der Waals surface area contributed by atoms with E-state index in [-0.39, 0.29) is 5.82 Å². The molecule has 0 amide bonds. The first-order valence-electron chi connectivity index (χ1n) is 3.15. The molecule has 0 saturated carbocycles. The van der Waals surface area contributed by atoms with Gasteiger partial charge in [0, 0.05) is 9.92 Å². The predicted octanol–water partition coefficient (Wildman–Crippen LogP) is 3.51. The summed E-state index contributed by atoms with van der Waals surface area (Å²) in [5.74, 6) is -0.242. The van der Waals surface area contributed by atoms with Crippen molar-refractivity contribution < 1.29 is 4.39 Å². The summed E-state index contributed by atoms with van der Waals surface area (Å²) >= 11 is 7.08. The van der Waals surface area contributed by atoms with Crippen LogP contribution in [0.4, 0.5) is 4.39 Å². The van der Waals surface area contributed by atoms with Crippen LogP contribution in [-0.2, 0) is 0 Å². The van der Waals surface area contributed by atoms with Crippen molar-refractivity contribution in [2.45, 2.75) is 11.8 Å². The SMILES string of the molecule is CSc1cc(C)c(Cl)cc1F. The average Bonchev–Trinajstić information content (AvgIpc) is 1.97. The van der Waals surface area contributed by atoms with Crippen molar-refractivity contribution >= 4 is 23.4 Å². The van der Waals surface area contributed by atoms with Crippen LogP contribution in [0.25, 0.3) is 0 Å². The minimum absolute atomic E-state index is 0.242. The van der Waals surface area contributed by atoms with Gasteiger partial charge in [-0.15, -0.1) is 11.8 Å². The molecule has 1 aromatic rings. The van der Waals surface area contributed by atoms with Crippen LogP contribution in [0.15, 0.2) is 17.0 Å². The van der Waals surface area contributed by atoms with E-state index >= 15 is 0 Å². The maximum Gasteiger partial charge on any atom is 0.138 e. The van der Waals surface area contributed by atoms with Gasteiger partial charge < -0.3 is 0 Å². The fourth-order valence-electron chi connectivity index (χ4n) is 0.787. The lowest BCUT2D eigenvalue weighted by Gasteiger charge is -2.02. The molecule has 60 valence electrons. The number of thioether (sulfide) groups is 1. The molecular weight excluding hydrogens is 183 g/mol. The summed E-state index contributed by atoms with van der Waals surface area (Å²) in [5, 5.41) is 0.486. The molecule has 1 rings (SSSR count). The first-order chi connectivity index (χ1) is 5.15. The van der Waals surface area contributed by atoms with E-state index in [0.717, 1.165) is 5.56 Å². The van der Waals surface area contributed by atoms with E-state index in [2.05, 4.69) is 0 Å². The van der Waals surface area contributed by atoms with Gasteiger partial charge in [0.2, 0.25) is 0 Å². The first kappa shape index (κ1) is 8.88.